The minimum absolute atomic E-state index is 0.167. The van der Waals surface area contributed by atoms with Gasteiger partial charge in [-0.05, 0) is 51.5 Å². The third-order valence-electron chi connectivity index (χ3n) is 4.13. The molecular weight excluding hydrogens is 358 g/mol. The topological polar surface area (TPSA) is 131 Å². The Balaban J connectivity index is 1.99. The summed E-state index contributed by atoms with van der Waals surface area (Å²) < 4.78 is 5.43. The lowest BCUT2D eigenvalue weighted by Gasteiger charge is -2.37. The van der Waals surface area contributed by atoms with Crippen LogP contribution in [0.25, 0.3) is 0 Å². The molecule has 0 radical (unpaired) electrons. The third-order valence-corrected chi connectivity index (χ3v) is 4.13. The van der Waals surface area contributed by atoms with Crippen LogP contribution in [-0.4, -0.2) is 54.3 Å². The van der Waals surface area contributed by atoms with Gasteiger partial charge in [0, 0.05) is 31.9 Å². The van der Waals surface area contributed by atoms with Gasteiger partial charge < -0.3 is 20.3 Å². The van der Waals surface area contributed by atoms with Gasteiger partial charge in [0.05, 0.1) is 5.69 Å². The van der Waals surface area contributed by atoms with E-state index in [9.17, 15) is 4.79 Å². The van der Waals surface area contributed by atoms with Crippen LogP contribution in [0.1, 0.15) is 26.3 Å². The lowest BCUT2D eigenvalue weighted by atomic mass is 10.1. The minimum Gasteiger partial charge on any atom is -0.444 e. The lowest BCUT2D eigenvalue weighted by molar-refractivity contribution is 0.0240. The van der Waals surface area contributed by atoms with Crippen molar-refractivity contribution in [2.45, 2.75) is 33.3 Å². The zero-order chi connectivity index (χ0) is 20.9. The summed E-state index contributed by atoms with van der Waals surface area (Å²) in [4.78, 5) is 16.1. The highest BCUT2D eigenvalue weighted by atomic mass is 16.6. The quantitative estimate of drug-likeness (QED) is 0.414. The van der Waals surface area contributed by atoms with Gasteiger partial charge in [0.25, 0.3) is 0 Å². The molecule has 0 spiro atoms. The predicted octanol–water partition coefficient (Wildman–Crippen LogP) is 2.28. The summed E-state index contributed by atoms with van der Waals surface area (Å²) in [5, 5.41) is 20.0. The van der Waals surface area contributed by atoms with Crippen molar-refractivity contribution >= 4 is 29.0 Å². The molecular formula is C19H27N7O2. The van der Waals surface area contributed by atoms with Crippen LogP contribution in [0.5, 0.6) is 0 Å². The fourth-order valence-electron chi connectivity index (χ4n) is 2.80. The number of piperazine rings is 1. The first-order valence-electron chi connectivity index (χ1n) is 9.02. The molecule has 1 aliphatic rings. The van der Waals surface area contributed by atoms with Crippen molar-refractivity contribution in [1.82, 2.24) is 4.90 Å². The molecule has 28 heavy (non-hydrogen) atoms. The molecule has 1 aromatic carbocycles. The lowest BCUT2D eigenvalue weighted by Crippen LogP contribution is -2.50. The summed E-state index contributed by atoms with van der Waals surface area (Å²) in [5.74, 6) is -0.383. The number of benzene rings is 1. The molecule has 0 bridgehead atoms. The number of nitriles is 1. The molecule has 0 atom stereocenters. The Hall–Kier alpha value is -3.28. The number of carbonyl (C=O) groups is 1. The van der Waals surface area contributed by atoms with Crippen LogP contribution in [0.2, 0.25) is 0 Å². The molecule has 0 aliphatic carbocycles. The van der Waals surface area contributed by atoms with Crippen molar-refractivity contribution in [3.8, 4) is 6.07 Å². The molecule has 1 saturated heterocycles. The number of nitrogens with zero attached hydrogens (tertiary/aromatic N) is 4. The van der Waals surface area contributed by atoms with Crippen molar-refractivity contribution in [1.29, 1.82) is 10.7 Å². The fourth-order valence-corrected chi connectivity index (χ4v) is 2.80. The molecule has 0 unspecified atom stereocenters. The number of hydrazone groups is 1. The maximum Gasteiger partial charge on any atom is 0.410 e. The SMILES string of the molecule is Cc1cc(N/N=C(\C#N)C(=N)N)ccc1N1CCN(C(=O)OC(C)(C)C)CC1. The Kier molecular flexibility index (Phi) is 6.46. The first-order chi connectivity index (χ1) is 13.1. The van der Waals surface area contributed by atoms with Gasteiger partial charge in [-0.2, -0.15) is 10.4 Å². The highest BCUT2D eigenvalue weighted by Gasteiger charge is 2.26. The van der Waals surface area contributed by atoms with Crippen LogP contribution in [-0.2, 0) is 4.74 Å². The van der Waals surface area contributed by atoms with E-state index in [1.807, 2.05) is 45.9 Å². The van der Waals surface area contributed by atoms with Gasteiger partial charge in [0.1, 0.15) is 11.7 Å². The Labute approximate surface area is 165 Å². The summed E-state index contributed by atoms with van der Waals surface area (Å²) in [6, 6.07) is 7.49. The number of amidine groups is 1. The van der Waals surface area contributed by atoms with Gasteiger partial charge in [-0.1, -0.05) is 0 Å². The van der Waals surface area contributed by atoms with E-state index in [0.29, 0.717) is 31.9 Å². The molecule has 1 amide bonds. The number of hydrogen-bond acceptors (Lipinski definition) is 7. The molecule has 1 aromatic rings. The van der Waals surface area contributed by atoms with E-state index in [4.69, 9.17) is 21.1 Å². The number of anilines is 2. The first kappa shape index (κ1) is 21.0. The summed E-state index contributed by atoms with van der Waals surface area (Å²) >= 11 is 0. The normalized spacial score (nSPS) is 15.0. The van der Waals surface area contributed by atoms with Crippen molar-refractivity contribution in [2.24, 2.45) is 10.8 Å². The first-order valence-corrected chi connectivity index (χ1v) is 9.02. The minimum atomic E-state index is -0.496. The number of ether oxygens (including phenoxy) is 1. The maximum atomic E-state index is 12.2. The van der Waals surface area contributed by atoms with Crippen LogP contribution in [0, 0.1) is 23.7 Å². The van der Waals surface area contributed by atoms with Gasteiger partial charge in [-0.3, -0.25) is 10.8 Å². The molecule has 150 valence electrons. The third kappa shape index (κ3) is 5.61. The average Bonchev–Trinajstić information content (AvgIpc) is 2.61. The number of nitrogens with one attached hydrogen (secondary N) is 2. The molecule has 9 heteroatoms. The molecule has 4 N–H and O–H groups in total. The summed E-state index contributed by atoms with van der Waals surface area (Å²) in [7, 11) is 0. The Morgan fingerprint density at radius 2 is 1.96 bits per heavy atom. The number of nitrogens with two attached hydrogens (primary N) is 1. The van der Waals surface area contributed by atoms with Crippen LogP contribution in [0.3, 0.4) is 0 Å². The van der Waals surface area contributed by atoms with E-state index in [1.54, 1.807) is 11.0 Å². The number of carbonyl (C=O) groups excluding carboxylic acids is 1. The monoisotopic (exact) mass is 385 g/mol. The number of aryl methyl sites for hydroxylation is 1. The molecule has 9 nitrogen and oxygen atoms in total. The second-order valence-corrected chi connectivity index (χ2v) is 7.55. The zero-order valence-electron chi connectivity index (χ0n) is 16.7. The zero-order valence-corrected chi connectivity index (χ0v) is 16.7. The van der Waals surface area contributed by atoms with Gasteiger partial charge >= 0.3 is 6.09 Å². The second-order valence-electron chi connectivity index (χ2n) is 7.55. The van der Waals surface area contributed by atoms with Crippen LogP contribution in [0.4, 0.5) is 16.2 Å². The molecule has 0 saturated carbocycles. The van der Waals surface area contributed by atoms with E-state index in [-0.39, 0.29) is 17.6 Å². The van der Waals surface area contributed by atoms with Crippen LogP contribution < -0.4 is 16.1 Å². The van der Waals surface area contributed by atoms with Gasteiger partial charge in [0.2, 0.25) is 5.71 Å². The Bertz CT molecular complexity index is 813. The Morgan fingerprint density at radius 3 is 2.46 bits per heavy atom. The highest BCUT2D eigenvalue weighted by molar-refractivity contribution is 6.45. The van der Waals surface area contributed by atoms with Crippen LogP contribution in [0.15, 0.2) is 23.3 Å². The molecule has 2 rings (SSSR count). The van der Waals surface area contributed by atoms with E-state index >= 15 is 0 Å². The van der Waals surface area contributed by atoms with Crippen molar-refractivity contribution < 1.29 is 9.53 Å². The number of amides is 1. The smallest absolute Gasteiger partial charge is 0.410 e. The van der Waals surface area contributed by atoms with E-state index in [2.05, 4.69) is 15.4 Å². The summed E-state index contributed by atoms with van der Waals surface area (Å²) in [5.41, 5.74) is 10.2. The maximum absolute atomic E-state index is 12.2. The molecule has 1 heterocycles. The molecule has 0 aromatic heterocycles. The summed E-state index contributed by atoms with van der Waals surface area (Å²) in [6.45, 7) is 10.2. The standard InChI is InChI=1S/C19H27N7O2/c1-13-11-14(23-24-15(12-20)17(21)22)5-6-16(13)25-7-9-26(10-8-25)18(27)28-19(2,3)4/h5-6,11,23H,7-10H2,1-4H3,(H3,21,22)/b24-15+. The molecule has 1 aliphatic heterocycles. The van der Waals surface area contributed by atoms with E-state index in [0.717, 1.165) is 11.3 Å². The van der Waals surface area contributed by atoms with Gasteiger partial charge in [-0.15, -0.1) is 0 Å². The van der Waals surface area contributed by atoms with Crippen molar-refractivity contribution in [2.75, 3.05) is 36.5 Å². The fraction of sp³-hybridized carbons (Fsp3) is 0.474. The largest absolute Gasteiger partial charge is 0.444 e. The van der Waals surface area contributed by atoms with Crippen molar-refractivity contribution in [3.05, 3.63) is 23.8 Å². The van der Waals surface area contributed by atoms with E-state index in [1.165, 1.54) is 0 Å². The predicted molar refractivity (Wildman–Crippen MR) is 110 cm³/mol. The highest BCUT2D eigenvalue weighted by Crippen LogP contribution is 2.25. The van der Waals surface area contributed by atoms with Gasteiger partial charge in [0.15, 0.2) is 5.84 Å². The number of rotatable bonds is 4. The second kappa shape index (κ2) is 8.61. The number of hydrogen-bond donors (Lipinski definition) is 3. The van der Waals surface area contributed by atoms with Crippen LogP contribution >= 0.6 is 0 Å². The summed E-state index contributed by atoms with van der Waals surface area (Å²) in [6.07, 6.45) is -0.278. The average molecular weight is 385 g/mol. The van der Waals surface area contributed by atoms with E-state index < -0.39 is 5.60 Å². The molecule has 1 fully saturated rings. The van der Waals surface area contributed by atoms with Gasteiger partial charge in [-0.25, -0.2) is 4.79 Å². The Morgan fingerprint density at radius 1 is 1.32 bits per heavy atom. The van der Waals surface area contributed by atoms with Crippen molar-refractivity contribution in [3.63, 3.8) is 0 Å².